The van der Waals surface area contributed by atoms with Gasteiger partial charge in [0.05, 0.1) is 18.1 Å². The van der Waals surface area contributed by atoms with E-state index in [4.69, 9.17) is 4.74 Å². The highest BCUT2D eigenvalue weighted by Gasteiger charge is 2.36. The van der Waals surface area contributed by atoms with E-state index in [2.05, 4.69) is 10.6 Å². The molecular formula is C18H22F3N3O3. The summed E-state index contributed by atoms with van der Waals surface area (Å²) in [6.45, 7) is 2.31. The van der Waals surface area contributed by atoms with Crippen molar-refractivity contribution < 1.29 is 27.5 Å². The Hall–Kier alpha value is -2.45. The number of alkyl halides is 3. The first kappa shape index (κ1) is 19.3. The van der Waals surface area contributed by atoms with Gasteiger partial charge in [-0.1, -0.05) is 6.42 Å². The number of anilines is 1. The molecule has 0 aliphatic carbocycles. The van der Waals surface area contributed by atoms with Crippen molar-refractivity contribution in [3.05, 3.63) is 23.8 Å². The minimum atomic E-state index is -4.60. The van der Waals surface area contributed by atoms with Gasteiger partial charge in [-0.25, -0.2) is 4.79 Å². The van der Waals surface area contributed by atoms with Crippen LogP contribution in [0.4, 0.5) is 23.7 Å². The lowest BCUT2D eigenvalue weighted by atomic mass is 9.99. The number of ether oxygens (including phenoxy) is 1. The van der Waals surface area contributed by atoms with Gasteiger partial charge >= 0.3 is 12.2 Å². The third-order valence-corrected chi connectivity index (χ3v) is 4.83. The molecule has 9 heteroatoms. The smallest absolute Gasteiger partial charge is 0.420 e. The quantitative estimate of drug-likeness (QED) is 0.839. The average molecular weight is 385 g/mol. The topological polar surface area (TPSA) is 70.7 Å². The Balaban J connectivity index is 1.76. The molecule has 2 aliphatic rings. The molecular weight excluding hydrogens is 363 g/mol. The van der Waals surface area contributed by atoms with E-state index in [1.54, 1.807) is 6.92 Å². The number of benzene rings is 1. The minimum Gasteiger partial charge on any atom is -0.493 e. The number of hydrogen-bond donors (Lipinski definition) is 2. The Labute approximate surface area is 155 Å². The summed E-state index contributed by atoms with van der Waals surface area (Å²) in [5.74, 6) is -0.621. The maximum Gasteiger partial charge on any atom is 0.420 e. The molecule has 2 bridgehead atoms. The highest BCUT2D eigenvalue weighted by Crippen LogP contribution is 2.38. The minimum absolute atomic E-state index is 0.0319. The zero-order chi connectivity index (χ0) is 19.6. The van der Waals surface area contributed by atoms with Crippen molar-refractivity contribution in [2.75, 3.05) is 25.0 Å². The molecule has 2 unspecified atom stereocenters. The lowest BCUT2D eigenvalue weighted by molar-refractivity contribution is -0.138. The molecule has 1 aromatic carbocycles. The molecule has 6 nitrogen and oxygen atoms in total. The lowest BCUT2D eigenvalue weighted by Crippen LogP contribution is -2.43. The highest BCUT2D eigenvalue weighted by atomic mass is 19.4. The van der Waals surface area contributed by atoms with Crippen molar-refractivity contribution in [3.63, 3.8) is 0 Å². The molecule has 0 saturated carbocycles. The van der Waals surface area contributed by atoms with Crippen LogP contribution in [0.1, 0.15) is 31.7 Å². The number of carbonyl (C=O) groups excluding carboxylic acids is 2. The van der Waals surface area contributed by atoms with Gasteiger partial charge in [-0.2, -0.15) is 13.2 Å². The van der Waals surface area contributed by atoms with Gasteiger partial charge in [0.25, 0.3) is 0 Å². The van der Waals surface area contributed by atoms with Gasteiger partial charge in [-0.15, -0.1) is 0 Å². The van der Waals surface area contributed by atoms with Crippen LogP contribution >= 0.6 is 0 Å². The zero-order valence-corrected chi connectivity index (χ0v) is 14.9. The number of amides is 3. The van der Waals surface area contributed by atoms with Gasteiger partial charge < -0.3 is 20.3 Å². The largest absolute Gasteiger partial charge is 0.493 e. The van der Waals surface area contributed by atoms with E-state index in [-0.39, 0.29) is 42.5 Å². The summed E-state index contributed by atoms with van der Waals surface area (Å²) in [5, 5.41) is 5.43. The van der Waals surface area contributed by atoms with Crippen LogP contribution < -0.4 is 15.4 Å². The Morgan fingerprint density at radius 2 is 2.11 bits per heavy atom. The molecule has 0 aromatic heterocycles. The fourth-order valence-electron chi connectivity index (χ4n) is 3.53. The summed E-state index contributed by atoms with van der Waals surface area (Å²) in [6.07, 6.45) is -2.20. The summed E-state index contributed by atoms with van der Waals surface area (Å²) in [4.78, 5) is 26.2. The van der Waals surface area contributed by atoms with E-state index in [1.807, 2.05) is 0 Å². The molecule has 0 spiro atoms. The molecule has 3 rings (SSSR count). The van der Waals surface area contributed by atoms with Crippen molar-refractivity contribution in [1.29, 1.82) is 0 Å². The van der Waals surface area contributed by atoms with Crippen LogP contribution in [0.15, 0.2) is 18.2 Å². The highest BCUT2D eigenvalue weighted by molar-refractivity contribution is 5.90. The maximum atomic E-state index is 13.2. The van der Waals surface area contributed by atoms with E-state index in [1.165, 1.54) is 17.0 Å². The monoisotopic (exact) mass is 385 g/mol. The molecule has 2 heterocycles. The van der Waals surface area contributed by atoms with Crippen LogP contribution in [-0.2, 0) is 11.0 Å². The van der Waals surface area contributed by atoms with Crippen LogP contribution in [0.3, 0.4) is 0 Å². The fourth-order valence-corrected chi connectivity index (χ4v) is 3.53. The number of halogens is 3. The average Bonchev–Trinajstić information content (AvgIpc) is 2.84. The summed E-state index contributed by atoms with van der Waals surface area (Å²) >= 11 is 0. The summed E-state index contributed by atoms with van der Waals surface area (Å²) < 4.78 is 44.8. The number of likely N-dealkylation sites (tertiary alicyclic amines) is 1. The summed E-state index contributed by atoms with van der Waals surface area (Å²) in [5.41, 5.74) is -0.906. The number of urea groups is 1. The van der Waals surface area contributed by atoms with E-state index in [9.17, 15) is 22.8 Å². The van der Waals surface area contributed by atoms with Gasteiger partial charge in [0.1, 0.15) is 5.75 Å². The van der Waals surface area contributed by atoms with Gasteiger partial charge in [0.2, 0.25) is 5.91 Å². The maximum absolute atomic E-state index is 13.2. The first-order chi connectivity index (χ1) is 12.8. The van der Waals surface area contributed by atoms with Crippen LogP contribution in [0, 0.1) is 5.92 Å². The second-order valence-electron chi connectivity index (χ2n) is 6.81. The van der Waals surface area contributed by atoms with Crippen LogP contribution in [-0.4, -0.2) is 42.6 Å². The number of rotatable bonds is 3. The van der Waals surface area contributed by atoms with Crippen molar-refractivity contribution in [2.24, 2.45) is 5.92 Å². The van der Waals surface area contributed by atoms with Crippen LogP contribution in [0.25, 0.3) is 0 Å². The Morgan fingerprint density at radius 3 is 2.81 bits per heavy atom. The van der Waals surface area contributed by atoms with Crippen molar-refractivity contribution in [3.8, 4) is 5.75 Å². The molecule has 2 N–H and O–H groups in total. The normalized spacial score (nSPS) is 22.7. The molecule has 27 heavy (non-hydrogen) atoms. The molecule has 0 radical (unpaired) electrons. The Morgan fingerprint density at radius 1 is 1.33 bits per heavy atom. The van der Waals surface area contributed by atoms with E-state index >= 15 is 0 Å². The SMILES string of the molecule is CCOc1ccc(NC(=O)N2CC3CCCC(C2)C(=O)N3)cc1C(F)(F)F. The summed E-state index contributed by atoms with van der Waals surface area (Å²) in [7, 11) is 0. The van der Waals surface area contributed by atoms with Gasteiger partial charge in [0.15, 0.2) is 0 Å². The zero-order valence-electron chi connectivity index (χ0n) is 14.9. The predicted octanol–water partition coefficient (Wildman–Crippen LogP) is 3.24. The number of fused-ring (bicyclic) bond motifs is 3. The lowest BCUT2D eigenvalue weighted by Gasteiger charge is -2.27. The van der Waals surface area contributed by atoms with Crippen LogP contribution in [0.5, 0.6) is 5.75 Å². The van der Waals surface area contributed by atoms with Gasteiger partial charge in [-0.3, -0.25) is 4.79 Å². The molecule has 2 aliphatic heterocycles. The first-order valence-corrected chi connectivity index (χ1v) is 8.98. The second-order valence-corrected chi connectivity index (χ2v) is 6.81. The van der Waals surface area contributed by atoms with Crippen molar-refractivity contribution in [2.45, 2.75) is 38.4 Å². The summed E-state index contributed by atoms with van der Waals surface area (Å²) in [6, 6.07) is 2.80. The van der Waals surface area contributed by atoms with E-state index in [0.29, 0.717) is 13.0 Å². The Bertz CT molecular complexity index is 724. The van der Waals surface area contributed by atoms with Crippen molar-refractivity contribution >= 4 is 17.6 Å². The van der Waals surface area contributed by atoms with Crippen LogP contribution in [0.2, 0.25) is 0 Å². The number of hydrogen-bond acceptors (Lipinski definition) is 3. The molecule has 1 aromatic rings. The number of carbonyl (C=O) groups is 2. The first-order valence-electron chi connectivity index (χ1n) is 8.98. The number of nitrogens with zero attached hydrogens (tertiary/aromatic N) is 1. The fraction of sp³-hybridized carbons (Fsp3) is 0.556. The Kier molecular flexibility index (Phi) is 5.48. The van der Waals surface area contributed by atoms with Crippen molar-refractivity contribution in [1.82, 2.24) is 10.2 Å². The predicted molar refractivity (Wildman–Crippen MR) is 92.5 cm³/mol. The van der Waals surface area contributed by atoms with E-state index in [0.717, 1.165) is 18.9 Å². The molecule has 148 valence electrons. The third-order valence-electron chi connectivity index (χ3n) is 4.83. The number of nitrogens with one attached hydrogen (secondary N) is 2. The molecule has 2 fully saturated rings. The molecule has 2 saturated heterocycles. The molecule has 3 amide bonds. The molecule has 2 atom stereocenters. The standard InChI is InChI=1S/C18H22F3N3O3/c1-2-27-15-7-6-12(8-14(15)18(19,20)21)23-17(26)24-9-11-4-3-5-13(10-24)22-16(11)25/h6-8,11,13H,2-5,9-10H2,1H3,(H,22,25)(H,23,26). The van der Waals surface area contributed by atoms with Gasteiger partial charge in [-0.05, 0) is 38.0 Å². The third kappa shape index (κ3) is 4.45. The van der Waals surface area contributed by atoms with Gasteiger partial charge in [0, 0.05) is 24.8 Å². The second kappa shape index (κ2) is 7.66. The van der Waals surface area contributed by atoms with E-state index < -0.39 is 17.8 Å².